The number of aryl methyl sites for hydroxylation is 1. The van der Waals surface area contributed by atoms with E-state index >= 15 is 0 Å². The van der Waals surface area contributed by atoms with Crippen molar-refractivity contribution in [3.05, 3.63) is 35.1 Å². The molecule has 1 nitrogen and oxygen atoms in total. The van der Waals surface area contributed by atoms with E-state index in [1.165, 1.54) is 6.07 Å². The van der Waals surface area contributed by atoms with E-state index < -0.39 is 0 Å². The Morgan fingerprint density at radius 3 is 2.71 bits per heavy atom. The van der Waals surface area contributed by atoms with Crippen LogP contribution in [0.4, 0.5) is 4.39 Å². The van der Waals surface area contributed by atoms with E-state index in [0.29, 0.717) is 5.56 Å². The number of hydrogen-bond acceptors (Lipinski definition) is 1. The topological polar surface area (TPSA) is 20.2 Å². The van der Waals surface area contributed by atoms with Crippen LogP contribution in [0.3, 0.4) is 0 Å². The van der Waals surface area contributed by atoms with Crippen molar-refractivity contribution in [1.82, 2.24) is 0 Å². The van der Waals surface area contributed by atoms with Crippen molar-refractivity contribution in [2.24, 2.45) is 0 Å². The van der Waals surface area contributed by atoms with Gasteiger partial charge in [0.2, 0.25) is 0 Å². The number of rotatable bonds is 1. The van der Waals surface area contributed by atoms with Crippen LogP contribution >= 0.6 is 0 Å². The number of aliphatic hydroxyl groups excluding tert-OH is 1. The van der Waals surface area contributed by atoms with Gasteiger partial charge in [0.25, 0.3) is 0 Å². The first-order chi connectivity index (χ1) is 6.68. The van der Waals surface area contributed by atoms with Gasteiger partial charge in [0, 0.05) is 5.92 Å². The summed E-state index contributed by atoms with van der Waals surface area (Å²) in [7, 11) is 0. The molecule has 0 aliphatic heterocycles. The Morgan fingerprint density at radius 1 is 1.36 bits per heavy atom. The average molecular weight is 194 g/mol. The minimum atomic E-state index is -0.236. The molecule has 1 fully saturated rings. The average Bonchev–Trinajstić information content (AvgIpc) is 2.57. The molecule has 0 bridgehead atoms. The molecule has 0 radical (unpaired) electrons. The molecule has 1 saturated carbocycles. The van der Waals surface area contributed by atoms with Gasteiger partial charge in [-0.2, -0.15) is 0 Å². The van der Waals surface area contributed by atoms with Gasteiger partial charge < -0.3 is 5.11 Å². The molecule has 2 atom stereocenters. The fourth-order valence-electron chi connectivity index (χ4n) is 2.23. The van der Waals surface area contributed by atoms with Crippen LogP contribution in [0.25, 0.3) is 0 Å². The molecule has 0 unspecified atom stereocenters. The standard InChI is InChI=1S/C12H15FO/c1-8-7-9(5-6-11(8)13)10-3-2-4-12(10)14/h5-7,10,12,14H,2-4H2,1H3/t10-,12+/m1/s1. The summed E-state index contributed by atoms with van der Waals surface area (Å²) in [5.41, 5.74) is 1.75. The van der Waals surface area contributed by atoms with E-state index in [-0.39, 0.29) is 17.8 Å². The summed E-state index contributed by atoms with van der Waals surface area (Å²) in [5.74, 6) is 0.0514. The molecule has 14 heavy (non-hydrogen) atoms. The fraction of sp³-hybridized carbons (Fsp3) is 0.500. The highest BCUT2D eigenvalue weighted by molar-refractivity contribution is 5.28. The first-order valence-electron chi connectivity index (χ1n) is 5.12. The summed E-state index contributed by atoms with van der Waals surface area (Å²) >= 11 is 0. The normalized spacial score (nSPS) is 26.8. The Labute approximate surface area is 83.6 Å². The number of hydrogen-bond donors (Lipinski definition) is 1. The predicted molar refractivity (Wildman–Crippen MR) is 53.7 cm³/mol. The van der Waals surface area contributed by atoms with Gasteiger partial charge in [-0.15, -0.1) is 0 Å². The van der Waals surface area contributed by atoms with Gasteiger partial charge in [-0.05, 0) is 37.0 Å². The lowest BCUT2D eigenvalue weighted by atomic mass is 9.94. The second kappa shape index (κ2) is 3.70. The molecular formula is C12H15FO. The second-order valence-corrected chi connectivity index (χ2v) is 4.11. The van der Waals surface area contributed by atoms with E-state index in [9.17, 15) is 9.50 Å². The molecule has 1 N–H and O–H groups in total. The molecule has 2 rings (SSSR count). The van der Waals surface area contributed by atoms with Gasteiger partial charge in [0.1, 0.15) is 5.82 Å². The van der Waals surface area contributed by atoms with Crippen LogP contribution < -0.4 is 0 Å². The molecular weight excluding hydrogens is 179 g/mol. The third kappa shape index (κ3) is 1.67. The maximum absolute atomic E-state index is 13.0. The third-order valence-electron chi connectivity index (χ3n) is 3.09. The Morgan fingerprint density at radius 2 is 2.14 bits per heavy atom. The summed E-state index contributed by atoms with van der Waals surface area (Å²) in [6, 6.07) is 5.14. The minimum absolute atomic E-state index is 0.166. The maximum atomic E-state index is 13.0. The molecule has 0 aromatic heterocycles. The number of aliphatic hydroxyl groups is 1. The lowest BCUT2D eigenvalue weighted by Crippen LogP contribution is -2.11. The van der Waals surface area contributed by atoms with Gasteiger partial charge in [0.15, 0.2) is 0 Å². The molecule has 0 amide bonds. The van der Waals surface area contributed by atoms with Crippen molar-refractivity contribution >= 4 is 0 Å². The number of halogens is 1. The van der Waals surface area contributed by atoms with Crippen molar-refractivity contribution in [2.45, 2.75) is 38.2 Å². The van der Waals surface area contributed by atoms with E-state index in [1.807, 2.05) is 6.07 Å². The first kappa shape index (κ1) is 9.66. The minimum Gasteiger partial charge on any atom is -0.392 e. The Hall–Kier alpha value is -0.890. The highest BCUT2D eigenvalue weighted by atomic mass is 19.1. The zero-order chi connectivity index (χ0) is 10.1. The molecule has 1 aliphatic carbocycles. The fourth-order valence-corrected chi connectivity index (χ4v) is 2.23. The summed E-state index contributed by atoms with van der Waals surface area (Å²) in [5, 5.41) is 9.71. The van der Waals surface area contributed by atoms with Crippen molar-refractivity contribution in [3.8, 4) is 0 Å². The SMILES string of the molecule is Cc1cc([C@H]2CCC[C@@H]2O)ccc1F. The molecule has 2 heteroatoms. The van der Waals surface area contributed by atoms with Crippen LogP contribution in [0, 0.1) is 12.7 Å². The lowest BCUT2D eigenvalue weighted by Gasteiger charge is -2.15. The van der Waals surface area contributed by atoms with Crippen LogP contribution in [0.15, 0.2) is 18.2 Å². The van der Waals surface area contributed by atoms with Crippen LogP contribution in [0.2, 0.25) is 0 Å². The van der Waals surface area contributed by atoms with Gasteiger partial charge in [-0.1, -0.05) is 18.6 Å². The summed E-state index contributed by atoms with van der Waals surface area (Å²) < 4.78 is 13.0. The van der Waals surface area contributed by atoms with Gasteiger partial charge in [-0.3, -0.25) is 0 Å². The third-order valence-corrected chi connectivity index (χ3v) is 3.09. The second-order valence-electron chi connectivity index (χ2n) is 4.11. The Bertz CT molecular complexity index is 335. The summed E-state index contributed by atoms with van der Waals surface area (Å²) in [4.78, 5) is 0. The van der Waals surface area contributed by atoms with E-state index in [1.54, 1.807) is 13.0 Å². The number of benzene rings is 1. The van der Waals surface area contributed by atoms with Crippen molar-refractivity contribution in [1.29, 1.82) is 0 Å². The Balaban J connectivity index is 2.28. The predicted octanol–water partition coefficient (Wildman–Crippen LogP) is 2.76. The molecule has 76 valence electrons. The van der Waals surface area contributed by atoms with Crippen molar-refractivity contribution < 1.29 is 9.50 Å². The van der Waals surface area contributed by atoms with Crippen LogP contribution in [0.5, 0.6) is 0 Å². The van der Waals surface area contributed by atoms with Crippen LogP contribution in [0.1, 0.15) is 36.3 Å². The quantitative estimate of drug-likeness (QED) is 0.728. The van der Waals surface area contributed by atoms with Crippen LogP contribution in [-0.4, -0.2) is 11.2 Å². The monoisotopic (exact) mass is 194 g/mol. The van der Waals surface area contributed by atoms with Gasteiger partial charge in [0.05, 0.1) is 6.10 Å². The van der Waals surface area contributed by atoms with Crippen molar-refractivity contribution in [3.63, 3.8) is 0 Å². The van der Waals surface area contributed by atoms with Gasteiger partial charge in [-0.25, -0.2) is 4.39 Å². The highest BCUT2D eigenvalue weighted by Crippen LogP contribution is 2.34. The molecule has 0 spiro atoms. The van der Waals surface area contributed by atoms with Crippen molar-refractivity contribution in [2.75, 3.05) is 0 Å². The molecule has 1 aromatic carbocycles. The maximum Gasteiger partial charge on any atom is 0.126 e. The van der Waals surface area contributed by atoms with Gasteiger partial charge >= 0.3 is 0 Å². The van der Waals surface area contributed by atoms with E-state index in [4.69, 9.17) is 0 Å². The molecule has 1 aliphatic rings. The van der Waals surface area contributed by atoms with Crippen LogP contribution in [-0.2, 0) is 0 Å². The first-order valence-corrected chi connectivity index (χ1v) is 5.12. The molecule has 1 aromatic rings. The smallest absolute Gasteiger partial charge is 0.126 e. The molecule has 0 heterocycles. The largest absolute Gasteiger partial charge is 0.392 e. The summed E-state index contributed by atoms with van der Waals surface area (Å²) in [6.45, 7) is 1.76. The zero-order valence-electron chi connectivity index (χ0n) is 8.33. The molecule has 0 saturated heterocycles. The highest BCUT2D eigenvalue weighted by Gasteiger charge is 2.26. The summed E-state index contributed by atoms with van der Waals surface area (Å²) in [6.07, 6.45) is 2.73. The van der Waals surface area contributed by atoms with E-state index in [2.05, 4.69) is 0 Å². The lowest BCUT2D eigenvalue weighted by molar-refractivity contribution is 0.164. The Kier molecular flexibility index (Phi) is 2.55. The van der Waals surface area contributed by atoms with E-state index in [0.717, 1.165) is 24.8 Å². The zero-order valence-corrected chi connectivity index (χ0v) is 8.33.